The maximum Gasteiger partial charge on any atom is 0.140 e. The number of allylic oxidation sites excluding steroid dienone is 1. The third-order valence-corrected chi connectivity index (χ3v) is 8.78. The van der Waals surface area contributed by atoms with Gasteiger partial charge in [0.05, 0.1) is 6.26 Å². The molecule has 4 saturated carbocycles. The van der Waals surface area contributed by atoms with Crippen LogP contribution in [0.1, 0.15) is 71.6 Å². The summed E-state index contributed by atoms with van der Waals surface area (Å²) in [5.41, 5.74) is 0.631. The minimum Gasteiger partial charge on any atom is -0.516 e. The lowest BCUT2D eigenvalue weighted by Gasteiger charge is -2.60. The van der Waals surface area contributed by atoms with E-state index in [9.17, 15) is 9.90 Å². The summed E-state index contributed by atoms with van der Waals surface area (Å²) in [5, 5.41) is 9.24. The van der Waals surface area contributed by atoms with Gasteiger partial charge in [-0.1, -0.05) is 26.7 Å². The molecule has 2 nitrogen and oxygen atoms in total. The van der Waals surface area contributed by atoms with Gasteiger partial charge in [-0.15, -0.1) is 0 Å². The molecule has 2 heteroatoms. The molecule has 128 valence electrons. The molecule has 4 rings (SSSR count). The summed E-state index contributed by atoms with van der Waals surface area (Å²) in [7, 11) is 0. The monoisotopic (exact) mass is 316 g/mol. The quantitative estimate of drug-likeness (QED) is 0.668. The molecule has 0 radical (unpaired) electrons. The predicted octanol–water partition coefficient (Wildman–Crippen LogP) is 5.29. The Morgan fingerprint density at radius 1 is 1.00 bits per heavy atom. The molecule has 1 N–H and O–H groups in total. The maximum atomic E-state index is 12.6. The second kappa shape index (κ2) is 5.36. The molecule has 0 heterocycles. The van der Waals surface area contributed by atoms with Crippen LogP contribution in [0.5, 0.6) is 0 Å². The first-order valence-corrected chi connectivity index (χ1v) is 9.84. The van der Waals surface area contributed by atoms with E-state index >= 15 is 0 Å². The van der Waals surface area contributed by atoms with Crippen molar-refractivity contribution in [1.29, 1.82) is 0 Å². The van der Waals surface area contributed by atoms with Crippen molar-refractivity contribution in [3.05, 3.63) is 12.3 Å². The zero-order valence-electron chi connectivity index (χ0n) is 14.8. The van der Waals surface area contributed by atoms with E-state index in [1.165, 1.54) is 51.4 Å². The van der Waals surface area contributed by atoms with Crippen molar-refractivity contribution < 1.29 is 9.90 Å². The first kappa shape index (κ1) is 15.7. The number of ketones is 1. The molecule has 0 aliphatic heterocycles. The Labute approximate surface area is 140 Å². The van der Waals surface area contributed by atoms with Crippen molar-refractivity contribution in [2.24, 2.45) is 40.4 Å². The number of hydrogen-bond donors (Lipinski definition) is 1. The van der Waals surface area contributed by atoms with Crippen LogP contribution in [0.25, 0.3) is 0 Å². The summed E-state index contributed by atoms with van der Waals surface area (Å²) < 4.78 is 0. The summed E-state index contributed by atoms with van der Waals surface area (Å²) in [6.45, 7) is 4.91. The zero-order chi connectivity index (χ0) is 16.2. The normalized spacial score (nSPS) is 53.0. The van der Waals surface area contributed by atoms with Gasteiger partial charge in [-0.25, -0.2) is 0 Å². The fourth-order valence-electron chi connectivity index (χ4n) is 7.54. The van der Waals surface area contributed by atoms with Gasteiger partial charge < -0.3 is 5.11 Å². The molecule has 4 aliphatic carbocycles. The molecule has 1 unspecified atom stereocenters. The van der Waals surface area contributed by atoms with E-state index in [0.29, 0.717) is 17.1 Å². The standard InChI is InChI=1S/C21H32O2/c1-20-10-4-3-5-14(20)6-7-15-16(20)8-11-21(2)17(9-12-22)19(23)13-18(15)21/h9,12,14-18,22H,3-8,10-11,13H2,1-2H3/t14?,15-,16+,17+,18+,20+,21-/m1/s1. The van der Waals surface area contributed by atoms with E-state index in [1.807, 2.05) is 0 Å². The maximum absolute atomic E-state index is 12.6. The fraction of sp³-hybridized carbons (Fsp3) is 0.857. The average molecular weight is 316 g/mol. The lowest BCUT2D eigenvalue weighted by molar-refractivity contribution is -0.120. The summed E-state index contributed by atoms with van der Waals surface area (Å²) in [6, 6.07) is 0. The van der Waals surface area contributed by atoms with Crippen molar-refractivity contribution in [3.63, 3.8) is 0 Å². The molecular weight excluding hydrogens is 284 g/mol. The lowest BCUT2D eigenvalue weighted by Crippen LogP contribution is -2.52. The lowest BCUT2D eigenvalue weighted by atomic mass is 9.45. The number of hydrogen-bond acceptors (Lipinski definition) is 2. The van der Waals surface area contributed by atoms with Crippen LogP contribution >= 0.6 is 0 Å². The first-order valence-electron chi connectivity index (χ1n) is 9.84. The van der Waals surface area contributed by atoms with Crippen LogP contribution in [0.4, 0.5) is 0 Å². The second-order valence-electron chi connectivity index (χ2n) is 9.44. The van der Waals surface area contributed by atoms with Gasteiger partial charge in [-0.05, 0) is 79.1 Å². The van der Waals surface area contributed by atoms with Gasteiger partial charge in [0.2, 0.25) is 0 Å². The Morgan fingerprint density at radius 3 is 2.61 bits per heavy atom. The van der Waals surface area contributed by atoms with Crippen molar-refractivity contribution in [3.8, 4) is 0 Å². The van der Waals surface area contributed by atoms with Crippen LogP contribution in [0, 0.1) is 40.4 Å². The molecule has 0 aromatic carbocycles. The molecule has 7 atom stereocenters. The van der Waals surface area contributed by atoms with Crippen LogP contribution in [-0.2, 0) is 4.79 Å². The SMILES string of the molecule is C[C@]12CC[C@H]3[C@@H](CCC4CCCC[C@@]43C)[C@@H]1CC(=O)[C@@H]2C=CO. The number of aliphatic hydroxyl groups excluding tert-OH is 1. The van der Waals surface area contributed by atoms with E-state index in [2.05, 4.69) is 13.8 Å². The van der Waals surface area contributed by atoms with Crippen LogP contribution in [0.3, 0.4) is 0 Å². The van der Waals surface area contributed by atoms with Crippen molar-refractivity contribution in [1.82, 2.24) is 0 Å². The second-order valence-corrected chi connectivity index (χ2v) is 9.44. The van der Waals surface area contributed by atoms with E-state index in [0.717, 1.165) is 30.4 Å². The third kappa shape index (κ3) is 2.09. The van der Waals surface area contributed by atoms with Gasteiger partial charge in [-0.3, -0.25) is 4.79 Å². The smallest absolute Gasteiger partial charge is 0.140 e. The van der Waals surface area contributed by atoms with Crippen LogP contribution in [-0.4, -0.2) is 10.9 Å². The van der Waals surface area contributed by atoms with E-state index in [4.69, 9.17) is 0 Å². The zero-order valence-corrected chi connectivity index (χ0v) is 14.8. The van der Waals surface area contributed by atoms with Gasteiger partial charge in [0, 0.05) is 12.3 Å². The minimum atomic E-state index is -0.0460. The summed E-state index contributed by atoms with van der Waals surface area (Å²) >= 11 is 0. The predicted molar refractivity (Wildman–Crippen MR) is 92.0 cm³/mol. The molecule has 0 aromatic heterocycles. The Morgan fingerprint density at radius 2 is 1.83 bits per heavy atom. The van der Waals surface area contributed by atoms with Crippen molar-refractivity contribution in [2.75, 3.05) is 0 Å². The molecule has 0 aromatic rings. The Hall–Kier alpha value is -0.790. The van der Waals surface area contributed by atoms with Gasteiger partial charge in [0.25, 0.3) is 0 Å². The molecule has 0 saturated heterocycles. The molecule has 4 aliphatic rings. The molecule has 0 amide bonds. The van der Waals surface area contributed by atoms with E-state index < -0.39 is 0 Å². The Bertz CT molecular complexity index is 524. The first-order chi connectivity index (χ1) is 11.0. The molecule has 4 fully saturated rings. The molecule has 0 bridgehead atoms. The van der Waals surface area contributed by atoms with Crippen molar-refractivity contribution in [2.45, 2.75) is 71.6 Å². The Kier molecular flexibility index (Phi) is 3.66. The van der Waals surface area contributed by atoms with Crippen molar-refractivity contribution >= 4 is 5.78 Å². The number of fused-ring (bicyclic) bond motifs is 5. The number of carbonyl (C=O) groups is 1. The highest BCUT2D eigenvalue weighted by atomic mass is 16.2. The molecule has 23 heavy (non-hydrogen) atoms. The number of rotatable bonds is 1. The Balaban J connectivity index is 1.66. The van der Waals surface area contributed by atoms with E-state index in [1.54, 1.807) is 6.08 Å². The van der Waals surface area contributed by atoms with Gasteiger partial charge in [-0.2, -0.15) is 0 Å². The van der Waals surface area contributed by atoms with Gasteiger partial charge in [0.1, 0.15) is 5.78 Å². The number of carbonyl (C=O) groups excluding carboxylic acids is 1. The van der Waals surface area contributed by atoms with Crippen LogP contribution < -0.4 is 0 Å². The fourth-order valence-corrected chi connectivity index (χ4v) is 7.54. The highest BCUT2D eigenvalue weighted by Crippen LogP contribution is 2.66. The largest absolute Gasteiger partial charge is 0.516 e. The minimum absolute atomic E-state index is 0.0460. The summed E-state index contributed by atoms with van der Waals surface area (Å²) in [6.07, 6.45) is 14.5. The molecule has 0 spiro atoms. The van der Waals surface area contributed by atoms with E-state index in [-0.39, 0.29) is 11.3 Å². The average Bonchev–Trinajstić information content (AvgIpc) is 2.79. The van der Waals surface area contributed by atoms with Crippen LogP contribution in [0.2, 0.25) is 0 Å². The summed E-state index contributed by atoms with van der Waals surface area (Å²) in [4.78, 5) is 12.6. The summed E-state index contributed by atoms with van der Waals surface area (Å²) in [5.74, 6) is 3.40. The highest BCUT2D eigenvalue weighted by Gasteiger charge is 2.61. The number of Topliss-reactive ketones (excluding diaryl/α,β-unsaturated/α-hetero) is 1. The molecular formula is C21H32O2. The van der Waals surface area contributed by atoms with Crippen LogP contribution in [0.15, 0.2) is 12.3 Å². The highest BCUT2D eigenvalue weighted by molar-refractivity contribution is 5.86. The number of aliphatic hydroxyl groups is 1. The van der Waals surface area contributed by atoms with Gasteiger partial charge in [0.15, 0.2) is 0 Å². The topological polar surface area (TPSA) is 37.3 Å². The third-order valence-electron chi connectivity index (χ3n) is 8.78. The van der Waals surface area contributed by atoms with Gasteiger partial charge >= 0.3 is 0 Å².